The van der Waals surface area contributed by atoms with Gasteiger partial charge in [0.2, 0.25) is 0 Å². The normalized spacial score (nSPS) is 10.1. The number of hydrogen-bond acceptors (Lipinski definition) is 5. The van der Waals surface area contributed by atoms with E-state index >= 15 is 0 Å². The molecule has 0 radical (unpaired) electrons. The molecule has 20 heavy (non-hydrogen) atoms. The van der Waals surface area contributed by atoms with Gasteiger partial charge in [-0.25, -0.2) is 0 Å². The molecule has 2 aromatic rings. The van der Waals surface area contributed by atoms with Crippen molar-refractivity contribution in [3.05, 3.63) is 58.1 Å². The molecule has 0 unspecified atom stereocenters. The van der Waals surface area contributed by atoms with Gasteiger partial charge in [-0.15, -0.1) is 0 Å². The average Bonchev–Trinajstić information content (AvgIpc) is 2.47. The molecule has 0 saturated heterocycles. The van der Waals surface area contributed by atoms with Crippen molar-refractivity contribution in [1.29, 1.82) is 0 Å². The van der Waals surface area contributed by atoms with Crippen LogP contribution in [0.15, 0.2) is 42.5 Å². The molecule has 0 saturated carbocycles. The summed E-state index contributed by atoms with van der Waals surface area (Å²) in [5.74, 6) is 0.677. The van der Waals surface area contributed by atoms with Gasteiger partial charge in [-0.1, -0.05) is 12.1 Å². The van der Waals surface area contributed by atoms with Crippen molar-refractivity contribution in [3.63, 3.8) is 0 Å². The lowest BCUT2D eigenvalue weighted by Gasteiger charge is -2.09. The van der Waals surface area contributed by atoms with Crippen LogP contribution in [0.25, 0.3) is 0 Å². The molecular weight excluding hydrogens is 258 g/mol. The van der Waals surface area contributed by atoms with Crippen molar-refractivity contribution in [1.82, 2.24) is 0 Å². The lowest BCUT2D eigenvalue weighted by atomic mass is 10.1. The van der Waals surface area contributed by atoms with Gasteiger partial charge in [0.1, 0.15) is 11.4 Å². The van der Waals surface area contributed by atoms with Gasteiger partial charge in [-0.3, -0.25) is 10.1 Å². The number of anilines is 2. The maximum absolute atomic E-state index is 11.1. The van der Waals surface area contributed by atoms with Gasteiger partial charge in [0.05, 0.1) is 12.0 Å². The van der Waals surface area contributed by atoms with Gasteiger partial charge in [0.25, 0.3) is 5.69 Å². The Hall–Kier alpha value is -2.60. The van der Waals surface area contributed by atoms with Crippen LogP contribution < -0.4 is 15.8 Å². The standard InChI is InChI=1S/C14H15N3O3/c1-20-12-4-2-3-11(8-12)16-13-6-5-10(9-15)7-14(13)17(18)19/h2-8,16H,9,15H2,1H3. The van der Waals surface area contributed by atoms with Crippen LogP contribution in [0.5, 0.6) is 5.75 Å². The lowest BCUT2D eigenvalue weighted by Crippen LogP contribution is -2.01. The second kappa shape index (κ2) is 6.03. The fourth-order valence-corrected chi connectivity index (χ4v) is 1.82. The smallest absolute Gasteiger partial charge is 0.292 e. The first-order valence-corrected chi connectivity index (χ1v) is 6.02. The molecule has 0 bridgehead atoms. The molecule has 0 aromatic heterocycles. The summed E-state index contributed by atoms with van der Waals surface area (Å²) in [6.45, 7) is 0.264. The minimum atomic E-state index is -0.429. The highest BCUT2D eigenvalue weighted by atomic mass is 16.6. The summed E-state index contributed by atoms with van der Waals surface area (Å²) in [4.78, 5) is 10.7. The molecule has 0 aliphatic carbocycles. The number of nitrogens with zero attached hydrogens (tertiary/aromatic N) is 1. The zero-order valence-corrected chi connectivity index (χ0v) is 11.0. The second-order valence-electron chi connectivity index (χ2n) is 4.17. The molecule has 2 aromatic carbocycles. The van der Waals surface area contributed by atoms with Gasteiger partial charge < -0.3 is 15.8 Å². The quantitative estimate of drug-likeness (QED) is 0.645. The molecule has 0 fully saturated rings. The van der Waals surface area contributed by atoms with Crippen LogP contribution in [0.2, 0.25) is 0 Å². The van der Waals surface area contributed by atoms with E-state index in [2.05, 4.69) is 5.32 Å². The van der Waals surface area contributed by atoms with Crippen molar-refractivity contribution < 1.29 is 9.66 Å². The van der Waals surface area contributed by atoms with Gasteiger partial charge in [-0.2, -0.15) is 0 Å². The van der Waals surface area contributed by atoms with Gasteiger partial charge in [0, 0.05) is 24.4 Å². The molecule has 3 N–H and O–H groups in total. The summed E-state index contributed by atoms with van der Waals surface area (Å²) in [7, 11) is 1.57. The van der Waals surface area contributed by atoms with Gasteiger partial charge in [0.15, 0.2) is 0 Å². The van der Waals surface area contributed by atoms with Crippen molar-refractivity contribution in [2.24, 2.45) is 5.73 Å². The molecule has 104 valence electrons. The van der Waals surface area contributed by atoms with E-state index in [0.29, 0.717) is 22.7 Å². The summed E-state index contributed by atoms with van der Waals surface area (Å²) in [6, 6.07) is 12.1. The first kappa shape index (κ1) is 13.8. The van der Waals surface area contributed by atoms with Crippen LogP contribution >= 0.6 is 0 Å². The third-order valence-electron chi connectivity index (χ3n) is 2.84. The minimum Gasteiger partial charge on any atom is -0.497 e. The number of nitrogens with one attached hydrogen (secondary N) is 1. The number of methoxy groups -OCH3 is 1. The molecule has 0 amide bonds. The molecule has 2 rings (SSSR count). The molecule has 0 aliphatic rings. The van der Waals surface area contributed by atoms with Crippen LogP contribution in [-0.4, -0.2) is 12.0 Å². The Morgan fingerprint density at radius 2 is 2.10 bits per heavy atom. The van der Waals surface area contributed by atoms with E-state index in [1.165, 1.54) is 6.07 Å². The zero-order chi connectivity index (χ0) is 14.5. The Kier molecular flexibility index (Phi) is 4.17. The molecule has 0 atom stereocenters. The average molecular weight is 273 g/mol. The topological polar surface area (TPSA) is 90.4 Å². The number of nitrogens with two attached hydrogens (primary N) is 1. The lowest BCUT2D eigenvalue weighted by molar-refractivity contribution is -0.384. The highest BCUT2D eigenvalue weighted by Gasteiger charge is 2.14. The van der Waals surface area contributed by atoms with E-state index in [4.69, 9.17) is 10.5 Å². The van der Waals surface area contributed by atoms with E-state index < -0.39 is 4.92 Å². The van der Waals surface area contributed by atoms with E-state index in [1.54, 1.807) is 37.4 Å². The van der Waals surface area contributed by atoms with Gasteiger partial charge >= 0.3 is 0 Å². The number of nitro benzene ring substituents is 1. The fourth-order valence-electron chi connectivity index (χ4n) is 1.82. The molecule has 6 heteroatoms. The van der Waals surface area contributed by atoms with Crippen LogP contribution in [-0.2, 0) is 6.54 Å². The molecule has 6 nitrogen and oxygen atoms in total. The van der Waals surface area contributed by atoms with Crippen LogP contribution in [0.1, 0.15) is 5.56 Å². The van der Waals surface area contributed by atoms with Crippen LogP contribution in [0.4, 0.5) is 17.1 Å². The molecule has 0 spiro atoms. The highest BCUT2D eigenvalue weighted by molar-refractivity contribution is 5.70. The van der Waals surface area contributed by atoms with Crippen molar-refractivity contribution in [3.8, 4) is 5.75 Å². The summed E-state index contributed by atoms with van der Waals surface area (Å²) in [5.41, 5.74) is 7.34. The maximum Gasteiger partial charge on any atom is 0.292 e. The highest BCUT2D eigenvalue weighted by Crippen LogP contribution is 2.29. The number of rotatable bonds is 5. The predicted molar refractivity (Wildman–Crippen MR) is 77.3 cm³/mol. The number of benzene rings is 2. The molecular formula is C14H15N3O3. The third kappa shape index (κ3) is 3.04. The van der Waals surface area contributed by atoms with Crippen LogP contribution in [0, 0.1) is 10.1 Å². The molecule has 0 aliphatic heterocycles. The third-order valence-corrected chi connectivity index (χ3v) is 2.84. The van der Waals surface area contributed by atoms with Crippen molar-refractivity contribution in [2.75, 3.05) is 12.4 Å². The number of ether oxygens (including phenoxy) is 1. The van der Waals surface area contributed by atoms with E-state index in [-0.39, 0.29) is 12.2 Å². The second-order valence-corrected chi connectivity index (χ2v) is 4.17. The molecule has 0 heterocycles. The van der Waals surface area contributed by atoms with Crippen molar-refractivity contribution >= 4 is 17.1 Å². The zero-order valence-electron chi connectivity index (χ0n) is 11.0. The SMILES string of the molecule is COc1cccc(Nc2ccc(CN)cc2[N+](=O)[O-])c1. The maximum atomic E-state index is 11.1. The fraction of sp³-hybridized carbons (Fsp3) is 0.143. The Morgan fingerprint density at radius 1 is 1.30 bits per heavy atom. The monoisotopic (exact) mass is 273 g/mol. The summed E-state index contributed by atoms with van der Waals surface area (Å²) >= 11 is 0. The summed E-state index contributed by atoms with van der Waals surface area (Å²) < 4.78 is 5.12. The first-order valence-electron chi connectivity index (χ1n) is 6.02. The number of hydrogen-bond donors (Lipinski definition) is 2. The van der Waals surface area contributed by atoms with E-state index in [9.17, 15) is 10.1 Å². The largest absolute Gasteiger partial charge is 0.497 e. The summed E-state index contributed by atoms with van der Waals surface area (Å²) in [6.07, 6.45) is 0. The van der Waals surface area contributed by atoms with Crippen LogP contribution in [0.3, 0.4) is 0 Å². The van der Waals surface area contributed by atoms with E-state index in [1.807, 2.05) is 6.07 Å². The van der Waals surface area contributed by atoms with E-state index in [0.717, 1.165) is 0 Å². The Labute approximate surface area is 116 Å². The Morgan fingerprint density at radius 3 is 2.75 bits per heavy atom. The Bertz CT molecular complexity index is 629. The first-order chi connectivity index (χ1) is 9.63. The van der Waals surface area contributed by atoms with Crippen molar-refractivity contribution in [2.45, 2.75) is 6.54 Å². The Balaban J connectivity index is 2.34. The van der Waals surface area contributed by atoms with Gasteiger partial charge in [-0.05, 0) is 23.8 Å². The number of nitro groups is 1. The predicted octanol–water partition coefficient (Wildman–Crippen LogP) is 2.81. The minimum absolute atomic E-state index is 0.00392. The summed E-state index contributed by atoms with van der Waals surface area (Å²) in [5, 5.41) is 14.1.